The molecule has 1 aromatic carbocycles. The van der Waals surface area contributed by atoms with E-state index in [0.29, 0.717) is 10.7 Å². The maximum absolute atomic E-state index is 12.3. The monoisotopic (exact) mass is 348 g/mol. The molecule has 22 heavy (non-hydrogen) atoms. The number of nitrogens with zero attached hydrogens (tertiary/aromatic N) is 1. The molecule has 0 bridgehead atoms. The van der Waals surface area contributed by atoms with Crippen LogP contribution in [0.3, 0.4) is 0 Å². The summed E-state index contributed by atoms with van der Waals surface area (Å²) in [6, 6.07) is 9.43. The highest BCUT2D eigenvalue weighted by atomic mass is 35.5. The Hall–Kier alpha value is -1.69. The van der Waals surface area contributed by atoms with Crippen molar-refractivity contribution in [3.05, 3.63) is 56.7 Å². The van der Waals surface area contributed by atoms with E-state index in [1.54, 1.807) is 0 Å². The topological polar surface area (TPSA) is 42.0 Å². The van der Waals surface area contributed by atoms with E-state index < -0.39 is 0 Å². The number of carbonyl (C=O) groups excluding carboxylic acids is 1. The fourth-order valence-electron chi connectivity index (χ4n) is 1.95. The summed E-state index contributed by atoms with van der Waals surface area (Å²) in [7, 11) is 0. The van der Waals surface area contributed by atoms with Gasteiger partial charge in [0.2, 0.25) is 0 Å². The second-order valence-electron chi connectivity index (χ2n) is 4.89. The van der Waals surface area contributed by atoms with Crippen LogP contribution in [0.15, 0.2) is 35.7 Å². The fraction of sp³-hybridized carbons (Fsp3) is 0.125. The molecule has 1 amide bonds. The van der Waals surface area contributed by atoms with Gasteiger partial charge in [-0.05, 0) is 49.2 Å². The minimum atomic E-state index is -0.145. The molecule has 3 nitrogen and oxygen atoms in total. The van der Waals surface area contributed by atoms with E-state index in [4.69, 9.17) is 11.6 Å². The third-order valence-corrected chi connectivity index (χ3v) is 5.33. The van der Waals surface area contributed by atoms with Gasteiger partial charge in [-0.15, -0.1) is 22.7 Å². The van der Waals surface area contributed by atoms with E-state index >= 15 is 0 Å². The Kier molecular flexibility index (Phi) is 4.29. The summed E-state index contributed by atoms with van der Waals surface area (Å²) in [6.07, 6.45) is 0. The van der Waals surface area contributed by atoms with Crippen LogP contribution in [0.1, 0.15) is 21.5 Å². The molecule has 112 valence electrons. The average Bonchev–Trinajstić information content (AvgIpc) is 3.10. The van der Waals surface area contributed by atoms with Crippen LogP contribution in [0.4, 0.5) is 5.13 Å². The molecule has 0 saturated carbocycles. The van der Waals surface area contributed by atoms with E-state index in [1.807, 2.05) is 49.6 Å². The number of amides is 1. The number of aryl methyl sites for hydroxylation is 2. The number of anilines is 1. The molecule has 3 aromatic rings. The SMILES string of the molecule is Cc1ccc(C(=O)Nc2nc(-c3ccc(Cl)s3)cs2)cc1C. The molecule has 0 aliphatic heterocycles. The van der Waals surface area contributed by atoms with Crippen molar-refractivity contribution in [2.75, 3.05) is 5.32 Å². The lowest BCUT2D eigenvalue weighted by Gasteiger charge is -2.04. The number of halogens is 1. The molecule has 0 aliphatic rings. The van der Waals surface area contributed by atoms with Gasteiger partial charge in [-0.25, -0.2) is 4.98 Å². The number of benzene rings is 1. The molecule has 2 heterocycles. The Morgan fingerprint density at radius 3 is 2.68 bits per heavy atom. The van der Waals surface area contributed by atoms with Crippen LogP contribution in [-0.4, -0.2) is 10.9 Å². The van der Waals surface area contributed by atoms with Crippen LogP contribution in [0, 0.1) is 13.8 Å². The van der Waals surface area contributed by atoms with Gasteiger partial charge in [0.25, 0.3) is 5.91 Å². The highest BCUT2D eigenvalue weighted by Gasteiger charge is 2.11. The maximum atomic E-state index is 12.3. The van der Waals surface area contributed by atoms with E-state index in [-0.39, 0.29) is 5.91 Å². The van der Waals surface area contributed by atoms with E-state index in [0.717, 1.165) is 20.5 Å². The van der Waals surface area contributed by atoms with Crippen molar-refractivity contribution in [1.29, 1.82) is 0 Å². The predicted octanol–water partition coefficient (Wildman–Crippen LogP) is 5.39. The quantitative estimate of drug-likeness (QED) is 0.689. The van der Waals surface area contributed by atoms with E-state index in [1.165, 1.54) is 28.2 Å². The molecule has 0 saturated heterocycles. The zero-order valence-electron chi connectivity index (χ0n) is 12.0. The summed E-state index contributed by atoms with van der Waals surface area (Å²) in [6.45, 7) is 4.02. The van der Waals surface area contributed by atoms with Gasteiger partial charge < -0.3 is 0 Å². The molecule has 0 fully saturated rings. The Balaban J connectivity index is 1.77. The van der Waals surface area contributed by atoms with Crippen LogP contribution < -0.4 is 5.32 Å². The normalized spacial score (nSPS) is 10.7. The molecule has 0 atom stereocenters. The molecular weight excluding hydrogens is 336 g/mol. The van der Waals surface area contributed by atoms with Gasteiger partial charge >= 0.3 is 0 Å². The zero-order chi connectivity index (χ0) is 15.7. The summed E-state index contributed by atoms with van der Waals surface area (Å²) in [5, 5.41) is 5.34. The first kappa shape index (κ1) is 15.2. The first-order chi connectivity index (χ1) is 10.5. The standard InChI is InChI=1S/C16H13ClN2OS2/c1-9-3-4-11(7-10(9)2)15(20)19-16-18-12(8-21-16)13-5-6-14(17)22-13/h3-8H,1-2H3,(H,18,19,20). The summed E-state index contributed by atoms with van der Waals surface area (Å²) < 4.78 is 0.726. The lowest BCUT2D eigenvalue weighted by Crippen LogP contribution is -2.12. The van der Waals surface area contributed by atoms with Crippen LogP contribution >= 0.6 is 34.3 Å². The first-order valence-corrected chi connectivity index (χ1v) is 8.70. The lowest BCUT2D eigenvalue weighted by atomic mass is 10.1. The minimum absolute atomic E-state index is 0.145. The predicted molar refractivity (Wildman–Crippen MR) is 94.3 cm³/mol. The summed E-state index contributed by atoms with van der Waals surface area (Å²) in [5.41, 5.74) is 3.74. The van der Waals surface area contributed by atoms with Crippen molar-refractivity contribution < 1.29 is 4.79 Å². The number of rotatable bonds is 3. The zero-order valence-corrected chi connectivity index (χ0v) is 14.4. The van der Waals surface area contributed by atoms with Crippen molar-refractivity contribution in [2.45, 2.75) is 13.8 Å². The Morgan fingerprint density at radius 2 is 2.00 bits per heavy atom. The van der Waals surface area contributed by atoms with E-state index in [2.05, 4.69) is 10.3 Å². The minimum Gasteiger partial charge on any atom is -0.298 e. The van der Waals surface area contributed by atoms with Crippen LogP contribution in [0.25, 0.3) is 10.6 Å². The Morgan fingerprint density at radius 1 is 1.18 bits per heavy atom. The highest BCUT2D eigenvalue weighted by Crippen LogP contribution is 2.32. The number of hydrogen-bond donors (Lipinski definition) is 1. The number of thiophene rings is 1. The number of aromatic nitrogens is 1. The van der Waals surface area contributed by atoms with Crippen LogP contribution in [-0.2, 0) is 0 Å². The second kappa shape index (κ2) is 6.20. The molecule has 3 rings (SSSR count). The number of thiazole rings is 1. The molecule has 1 N–H and O–H groups in total. The lowest BCUT2D eigenvalue weighted by molar-refractivity contribution is 0.102. The number of hydrogen-bond acceptors (Lipinski definition) is 4. The summed E-state index contributed by atoms with van der Waals surface area (Å²) in [5.74, 6) is -0.145. The van der Waals surface area contributed by atoms with Crippen molar-refractivity contribution in [3.63, 3.8) is 0 Å². The van der Waals surface area contributed by atoms with Gasteiger partial charge in [-0.1, -0.05) is 17.7 Å². The van der Waals surface area contributed by atoms with E-state index in [9.17, 15) is 4.79 Å². The number of carbonyl (C=O) groups is 1. The second-order valence-corrected chi connectivity index (χ2v) is 7.47. The van der Waals surface area contributed by atoms with Crippen molar-refractivity contribution >= 4 is 45.3 Å². The van der Waals surface area contributed by atoms with Gasteiger partial charge in [0, 0.05) is 10.9 Å². The Bertz CT molecular complexity index is 838. The average molecular weight is 349 g/mol. The fourth-order valence-corrected chi connectivity index (χ4v) is 3.73. The summed E-state index contributed by atoms with van der Waals surface area (Å²) in [4.78, 5) is 17.7. The molecule has 0 radical (unpaired) electrons. The molecule has 0 spiro atoms. The molecule has 2 aromatic heterocycles. The van der Waals surface area contributed by atoms with Crippen molar-refractivity contribution in [1.82, 2.24) is 4.98 Å². The van der Waals surface area contributed by atoms with Crippen molar-refractivity contribution in [3.8, 4) is 10.6 Å². The molecule has 0 aliphatic carbocycles. The van der Waals surface area contributed by atoms with Gasteiger partial charge in [0.1, 0.15) is 0 Å². The van der Waals surface area contributed by atoms with Crippen molar-refractivity contribution in [2.24, 2.45) is 0 Å². The first-order valence-electron chi connectivity index (χ1n) is 6.63. The largest absolute Gasteiger partial charge is 0.298 e. The number of nitrogens with one attached hydrogen (secondary N) is 1. The van der Waals surface area contributed by atoms with Gasteiger partial charge in [-0.3, -0.25) is 10.1 Å². The third-order valence-electron chi connectivity index (χ3n) is 3.32. The molecule has 6 heteroatoms. The maximum Gasteiger partial charge on any atom is 0.257 e. The van der Waals surface area contributed by atoms with Crippen LogP contribution in [0.5, 0.6) is 0 Å². The Labute approximate surface area is 141 Å². The molecular formula is C16H13ClN2OS2. The third kappa shape index (κ3) is 3.21. The van der Waals surface area contributed by atoms with Gasteiger partial charge in [-0.2, -0.15) is 0 Å². The highest BCUT2D eigenvalue weighted by molar-refractivity contribution is 7.20. The van der Waals surface area contributed by atoms with Gasteiger partial charge in [0.05, 0.1) is 14.9 Å². The van der Waals surface area contributed by atoms with Gasteiger partial charge in [0.15, 0.2) is 5.13 Å². The smallest absolute Gasteiger partial charge is 0.257 e. The molecule has 0 unspecified atom stereocenters. The van der Waals surface area contributed by atoms with Crippen LogP contribution in [0.2, 0.25) is 4.34 Å². The summed E-state index contributed by atoms with van der Waals surface area (Å²) >= 11 is 8.81.